The summed E-state index contributed by atoms with van der Waals surface area (Å²) in [7, 11) is 0. The average molecular weight is 251 g/mol. The number of nitrogens with zero attached hydrogens (tertiary/aromatic N) is 2. The van der Waals surface area contributed by atoms with E-state index >= 15 is 0 Å². The highest BCUT2D eigenvalue weighted by atomic mass is 16.2. The fraction of sp³-hybridized carbons (Fsp3) is 0.929. The molecule has 0 radical (unpaired) electrons. The SMILES string of the molecule is O=C1N(C2CCCCC2)CCN1C1CCCNC1. The zero-order valence-electron chi connectivity index (χ0n) is 11.2. The van der Waals surface area contributed by atoms with Crippen molar-refractivity contribution < 1.29 is 4.79 Å². The zero-order valence-corrected chi connectivity index (χ0v) is 11.2. The van der Waals surface area contributed by atoms with E-state index in [1.165, 1.54) is 44.9 Å². The van der Waals surface area contributed by atoms with Gasteiger partial charge in [0.05, 0.1) is 0 Å². The van der Waals surface area contributed by atoms with Gasteiger partial charge in [-0.05, 0) is 32.2 Å². The van der Waals surface area contributed by atoms with Gasteiger partial charge < -0.3 is 15.1 Å². The minimum Gasteiger partial charge on any atom is -0.320 e. The number of urea groups is 1. The van der Waals surface area contributed by atoms with E-state index < -0.39 is 0 Å². The molecule has 0 aromatic rings. The standard InChI is InChI=1S/C14H25N3O/c18-14-16(12-5-2-1-3-6-12)9-10-17(14)13-7-4-8-15-11-13/h12-13,15H,1-11H2. The summed E-state index contributed by atoms with van der Waals surface area (Å²) in [5, 5.41) is 3.41. The molecule has 3 aliphatic rings. The molecule has 1 N–H and O–H groups in total. The Morgan fingerprint density at radius 1 is 0.889 bits per heavy atom. The van der Waals surface area contributed by atoms with Gasteiger partial charge in [0.2, 0.25) is 0 Å². The van der Waals surface area contributed by atoms with Crippen molar-refractivity contribution in [1.82, 2.24) is 15.1 Å². The van der Waals surface area contributed by atoms with Gasteiger partial charge in [0, 0.05) is 31.7 Å². The molecule has 102 valence electrons. The van der Waals surface area contributed by atoms with Crippen LogP contribution in [0, 0.1) is 0 Å². The van der Waals surface area contributed by atoms with E-state index in [1.807, 2.05) is 0 Å². The average Bonchev–Trinajstić information content (AvgIpc) is 2.83. The van der Waals surface area contributed by atoms with E-state index in [2.05, 4.69) is 15.1 Å². The molecule has 0 bridgehead atoms. The van der Waals surface area contributed by atoms with Crippen molar-refractivity contribution in [3.8, 4) is 0 Å². The lowest BCUT2D eigenvalue weighted by Crippen LogP contribution is -2.49. The van der Waals surface area contributed by atoms with Gasteiger partial charge in [-0.1, -0.05) is 19.3 Å². The normalized spacial score (nSPS) is 31.1. The second-order valence-electron chi connectivity index (χ2n) is 5.96. The van der Waals surface area contributed by atoms with Crippen molar-refractivity contribution in [2.24, 2.45) is 0 Å². The van der Waals surface area contributed by atoms with Crippen molar-refractivity contribution in [2.75, 3.05) is 26.2 Å². The Balaban J connectivity index is 1.60. The summed E-state index contributed by atoms with van der Waals surface area (Å²) in [4.78, 5) is 16.8. The van der Waals surface area contributed by atoms with E-state index in [0.29, 0.717) is 18.1 Å². The quantitative estimate of drug-likeness (QED) is 0.812. The van der Waals surface area contributed by atoms with E-state index in [0.717, 1.165) is 26.2 Å². The Kier molecular flexibility index (Phi) is 3.73. The summed E-state index contributed by atoms with van der Waals surface area (Å²) in [5.74, 6) is 0. The second-order valence-corrected chi connectivity index (χ2v) is 5.96. The summed E-state index contributed by atoms with van der Waals surface area (Å²) >= 11 is 0. The molecule has 4 nitrogen and oxygen atoms in total. The molecule has 18 heavy (non-hydrogen) atoms. The predicted octanol–water partition coefficient (Wildman–Crippen LogP) is 1.81. The molecule has 2 aliphatic heterocycles. The fourth-order valence-corrected chi connectivity index (χ4v) is 3.74. The molecular formula is C14H25N3O. The summed E-state index contributed by atoms with van der Waals surface area (Å²) in [5.41, 5.74) is 0. The molecule has 2 heterocycles. The van der Waals surface area contributed by atoms with E-state index in [9.17, 15) is 4.79 Å². The molecule has 3 rings (SSSR count). The second kappa shape index (κ2) is 5.47. The summed E-state index contributed by atoms with van der Waals surface area (Å²) in [6.07, 6.45) is 8.80. The number of amides is 2. The van der Waals surface area contributed by atoms with Gasteiger partial charge in [0.25, 0.3) is 0 Å². The maximum absolute atomic E-state index is 12.5. The first-order valence-electron chi connectivity index (χ1n) is 7.64. The maximum atomic E-state index is 12.5. The number of carbonyl (C=O) groups is 1. The van der Waals surface area contributed by atoms with Crippen molar-refractivity contribution in [3.05, 3.63) is 0 Å². The molecule has 1 atom stereocenters. The Bertz CT molecular complexity index is 267. The maximum Gasteiger partial charge on any atom is 0.320 e. The van der Waals surface area contributed by atoms with Crippen LogP contribution in [0.2, 0.25) is 0 Å². The van der Waals surface area contributed by atoms with Crippen LogP contribution in [0.1, 0.15) is 44.9 Å². The Morgan fingerprint density at radius 3 is 2.22 bits per heavy atom. The summed E-state index contributed by atoms with van der Waals surface area (Å²) in [6, 6.07) is 1.29. The van der Waals surface area contributed by atoms with Gasteiger partial charge in [-0.15, -0.1) is 0 Å². The topological polar surface area (TPSA) is 35.6 Å². The lowest BCUT2D eigenvalue weighted by molar-refractivity contribution is 0.148. The van der Waals surface area contributed by atoms with Crippen LogP contribution in [0.25, 0.3) is 0 Å². The van der Waals surface area contributed by atoms with Gasteiger partial charge in [0.15, 0.2) is 0 Å². The molecule has 2 amide bonds. The summed E-state index contributed by atoms with van der Waals surface area (Å²) in [6.45, 7) is 4.01. The van der Waals surface area contributed by atoms with Crippen LogP contribution < -0.4 is 5.32 Å². The summed E-state index contributed by atoms with van der Waals surface area (Å²) < 4.78 is 0. The van der Waals surface area contributed by atoms with E-state index in [4.69, 9.17) is 0 Å². The number of carbonyl (C=O) groups excluding carboxylic acids is 1. The smallest absolute Gasteiger partial charge is 0.320 e. The minimum absolute atomic E-state index is 0.315. The Labute approximate surface area is 110 Å². The highest BCUT2D eigenvalue weighted by Gasteiger charge is 2.37. The van der Waals surface area contributed by atoms with Crippen LogP contribution in [0.5, 0.6) is 0 Å². The number of piperidine rings is 1. The molecule has 0 spiro atoms. The monoisotopic (exact) mass is 251 g/mol. The third kappa shape index (κ3) is 2.35. The molecule has 3 fully saturated rings. The lowest BCUT2D eigenvalue weighted by atomic mass is 9.94. The number of hydrogen-bond acceptors (Lipinski definition) is 2. The molecule has 1 saturated carbocycles. The van der Waals surface area contributed by atoms with Crippen molar-refractivity contribution in [2.45, 2.75) is 57.0 Å². The predicted molar refractivity (Wildman–Crippen MR) is 71.6 cm³/mol. The molecule has 4 heteroatoms. The third-order valence-corrected chi connectivity index (χ3v) is 4.80. The molecular weight excluding hydrogens is 226 g/mol. The largest absolute Gasteiger partial charge is 0.320 e. The molecule has 1 aliphatic carbocycles. The molecule has 1 unspecified atom stereocenters. The van der Waals surface area contributed by atoms with Gasteiger partial charge in [-0.25, -0.2) is 4.79 Å². The zero-order chi connectivity index (χ0) is 12.4. The van der Waals surface area contributed by atoms with Crippen LogP contribution in [0.3, 0.4) is 0 Å². The first-order chi connectivity index (χ1) is 8.86. The number of nitrogens with one attached hydrogen (secondary N) is 1. The molecule has 2 saturated heterocycles. The first kappa shape index (κ1) is 12.3. The van der Waals surface area contributed by atoms with E-state index in [-0.39, 0.29) is 0 Å². The van der Waals surface area contributed by atoms with Crippen molar-refractivity contribution >= 4 is 6.03 Å². The Hall–Kier alpha value is -0.770. The molecule has 0 aromatic heterocycles. The number of hydrogen-bond donors (Lipinski definition) is 1. The highest BCUT2D eigenvalue weighted by Crippen LogP contribution is 2.27. The lowest BCUT2D eigenvalue weighted by Gasteiger charge is -2.34. The van der Waals surface area contributed by atoms with Crippen LogP contribution in [0.4, 0.5) is 4.79 Å². The fourth-order valence-electron chi connectivity index (χ4n) is 3.74. The van der Waals surface area contributed by atoms with Gasteiger partial charge >= 0.3 is 6.03 Å². The van der Waals surface area contributed by atoms with Crippen LogP contribution >= 0.6 is 0 Å². The highest BCUT2D eigenvalue weighted by molar-refractivity contribution is 5.77. The van der Waals surface area contributed by atoms with Crippen LogP contribution in [-0.4, -0.2) is 54.1 Å². The number of rotatable bonds is 2. The van der Waals surface area contributed by atoms with Gasteiger partial charge in [-0.3, -0.25) is 0 Å². The Morgan fingerprint density at radius 2 is 1.56 bits per heavy atom. The van der Waals surface area contributed by atoms with E-state index in [1.54, 1.807) is 0 Å². The van der Waals surface area contributed by atoms with Crippen LogP contribution in [-0.2, 0) is 0 Å². The van der Waals surface area contributed by atoms with Crippen molar-refractivity contribution in [1.29, 1.82) is 0 Å². The first-order valence-corrected chi connectivity index (χ1v) is 7.64. The van der Waals surface area contributed by atoms with Gasteiger partial charge in [0.1, 0.15) is 0 Å². The van der Waals surface area contributed by atoms with Gasteiger partial charge in [-0.2, -0.15) is 0 Å². The van der Waals surface area contributed by atoms with Crippen LogP contribution in [0.15, 0.2) is 0 Å². The minimum atomic E-state index is 0.315. The molecule has 0 aromatic carbocycles. The third-order valence-electron chi connectivity index (χ3n) is 4.80. The van der Waals surface area contributed by atoms with Crippen molar-refractivity contribution in [3.63, 3.8) is 0 Å².